The minimum atomic E-state index is -3.01. The van der Waals surface area contributed by atoms with Gasteiger partial charge in [0, 0.05) is 18.5 Å². The normalized spacial score (nSPS) is 17.8. The Kier molecular flexibility index (Phi) is 3.29. The second-order valence-electron chi connectivity index (χ2n) is 5.06. The number of aromatic nitrogens is 1. The molecule has 0 bridgehead atoms. The molecule has 1 aromatic carbocycles. The summed E-state index contributed by atoms with van der Waals surface area (Å²) in [4.78, 5) is 18.1. The number of carbonyl (C=O) groups is 1. The van der Waals surface area contributed by atoms with E-state index in [0.717, 1.165) is 10.8 Å². The number of anilines is 1. The maximum atomic E-state index is 12.4. The SMILES string of the molecule is Nc1nc(C(=O)N2CCS(=O)(=O)CC2)cc2ccccc12. The first-order valence-corrected chi connectivity index (χ1v) is 8.43. The van der Waals surface area contributed by atoms with Crippen LogP contribution in [-0.2, 0) is 9.84 Å². The van der Waals surface area contributed by atoms with Gasteiger partial charge in [-0.05, 0) is 11.5 Å². The van der Waals surface area contributed by atoms with Gasteiger partial charge in [0.15, 0.2) is 9.84 Å². The highest BCUT2D eigenvalue weighted by atomic mass is 32.2. The number of fused-ring (bicyclic) bond motifs is 1. The molecule has 0 unspecified atom stereocenters. The van der Waals surface area contributed by atoms with Gasteiger partial charge in [-0.1, -0.05) is 24.3 Å². The number of nitrogen functional groups attached to an aromatic ring is 1. The summed E-state index contributed by atoms with van der Waals surface area (Å²) in [7, 11) is -3.01. The molecule has 0 saturated carbocycles. The number of amides is 1. The second-order valence-corrected chi connectivity index (χ2v) is 7.36. The molecule has 1 amide bonds. The van der Waals surface area contributed by atoms with Crippen LogP contribution in [0.1, 0.15) is 10.5 Å². The number of nitrogens with zero attached hydrogens (tertiary/aromatic N) is 2. The van der Waals surface area contributed by atoms with Crippen molar-refractivity contribution >= 4 is 32.3 Å². The lowest BCUT2D eigenvalue weighted by molar-refractivity contribution is 0.0765. The van der Waals surface area contributed by atoms with Crippen molar-refractivity contribution < 1.29 is 13.2 Å². The highest BCUT2D eigenvalue weighted by Gasteiger charge is 2.26. The number of benzene rings is 1. The Morgan fingerprint density at radius 1 is 1.19 bits per heavy atom. The Labute approximate surface area is 122 Å². The van der Waals surface area contributed by atoms with E-state index in [1.165, 1.54) is 4.90 Å². The van der Waals surface area contributed by atoms with Crippen LogP contribution in [0.25, 0.3) is 10.8 Å². The number of pyridine rings is 1. The molecule has 1 aliphatic rings. The van der Waals surface area contributed by atoms with E-state index in [0.29, 0.717) is 5.82 Å². The Morgan fingerprint density at radius 2 is 1.86 bits per heavy atom. The van der Waals surface area contributed by atoms with E-state index in [4.69, 9.17) is 5.73 Å². The van der Waals surface area contributed by atoms with Crippen LogP contribution in [-0.4, -0.2) is 48.8 Å². The molecule has 1 fully saturated rings. The molecule has 0 atom stereocenters. The van der Waals surface area contributed by atoms with Gasteiger partial charge >= 0.3 is 0 Å². The van der Waals surface area contributed by atoms with Crippen molar-refractivity contribution in [1.82, 2.24) is 9.88 Å². The molecular weight excluding hydrogens is 290 g/mol. The van der Waals surface area contributed by atoms with Gasteiger partial charge in [0.1, 0.15) is 11.5 Å². The van der Waals surface area contributed by atoms with E-state index in [1.807, 2.05) is 24.3 Å². The van der Waals surface area contributed by atoms with E-state index in [-0.39, 0.29) is 36.2 Å². The maximum absolute atomic E-state index is 12.4. The third-order valence-corrected chi connectivity index (χ3v) is 5.23. The number of sulfone groups is 1. The van der Waals surface area contributed by atoms with Gasteiger partial charge in [0.2, 0.25) is 0 Å². The van der Waals surface area contributed by atoms with E-state index >= 15 is 0 Å². The number of hydrogen-bond acceptors (Lipinski definition) is 5. The zero-order valence-corrected chi connectivity index (χ0v) is 12.1. The van der Waals surface area contributed by atoms with Crippen LogP contribution in [0.3, 0.4) is 0 Å². The molecule has 1 aromatic heterocycles. The number of carbonyl (C=O) groups excluding carboxylic acids is 1. The van der Waals surface area contributed by atoms with E-state index in [9.17, 15) is 13.2 Å². The summed E-state index contributed by atoms with van der Waals surface area (Å²) in [5.41, 5.74) is 6.14. The minimum Gasteiger partial charge on any atom is -0.383 e. The fourth-order valence-electron chi connectivity index (χ4n) is 2.41. The Balaban J connectivity index is 1.92. The Hall–Kier alpha value is -2.15. The maximum Gasteiger partial charge on any atom is 0.272 e. The van der Waals surface area contributed by atoms with Crippen LogP contribution >= 0.6 is 0 Å². The lowest BCUT2D eigenvalue weighted by atomic mass is 10.1. The van der Waals surface area contributed by atoms with E-state index < -0.39 is 9.84 Å². The van der Waals surface area contributed by atoms with Gasteiger partial charge in [-0.25, -0.2) is 13.4 Å². The molecule has 6 nitrogen and oxygen atoms in total. The summed E-state index contributed by atoms with van der Waals surface area (Å²) in [6.45, 7) is 0.408. The molecule has 2 aromatic rings. The van der Waals surface area contributed by atoms with Crippen LogP contribution in [0.5, 0.6) is 0 Å². The predicted octanol–water partition coefficient (Wildman–Crippen LogP) is 0.688. The molecule has 21 heavy (non-hydrogen) atoms. The topological polar surface area (TPSA) is 93.4 Å². The van der Waals surface area contributed by atoms with Gasteiger partial charge in [0.05, 0.1) is 11.5 Å². The van der Waals surface area contributed by atoms with Crippen molar-refractivity contribution in [2.75, 3.05) is 30.3 Å². The van der Waals surface area contributed by atoms with E-state index in [2.05, 4.69) is 4.98 Å². The predicted molar refractivity (Wildman–Crippen MR) is 80.7 cm³/mol. The van der Waals surface area contributed by atoms with Crippen LogP contribution in [0, 0.1) is 0 Å². The second kappa shape index (κ2) is 5.00. The monoisotopic (exact) mass is 305 g/mol. The van der Waals surface area contributed by atoms with Gasteiger partial charge in [-0.2, -0.15) is 0 Å². The summed E-state index contributed by atoms with van der Waals surface area (Å²) in [6.07, 6.45) is 0. The van der Waals surface area contributed by atoms with Crippen LogP contribution in [0.15, 0.2) is 30.3 Å². The average molecular weight is 305 g/mol. The molecule has 0 radical (unpaired) electrons. The van der Waals surface area contributed by atoms with Gasteiger partial charge < -0.3 is 10.6 Å². The summed E-state index contributed by atoms with van der Waals surface area (Å²) in [5, 5.41) is 1.65. The molecule has 2 N–H and O–H groups in total. The molecule has 2 heterocycles. The smallest absolute Gasteiger partial charge is 0.272 e. The van der Waals surface area contributed by atoms with Crippen LogP contribution < -0.4 is 5.73 Å². The lowest BCUT2D eigenvalue weighted by Gasteiger charge is -2.26. The van der Waals surface area contributed by atoms with Gasteiger partial charge in [-0.3, -0.25) is 4.79 Å². The Morgan fingerprint density at radius 3 is 2.57 bits per heavy atom. The first-order chi connectivity index (χ1) is 9.96. The first-order valence-electron chi connectivity index (χ1n) is 6.61. The molecule has 7 heteroatoms. The summed E-state index contributed by atoms with van der Waals surface area (Å²) < 4.78 is 22.8. The van der Waals surface area contributed by atoms with Gasteiger partial charge in [-0.15, -0.1) is 0 Å². The highest BCUT2D eigenvalue weighted by Crippen LogP contribution is 2.21. The summed E-state index contributed by atoms with van der Waals surface area (Å²) >= 11 is 0. The van der Waals surface area contributed by atoms with Crippen molar-refractivity contribution in [2.45, 2.75) is 0 Å². The third kappa shape index (κ3) is 2.69. The zero-order chi connectivity index (χ0) is 15.0. The molecule has 0 aliphatic carbocycles. The standard InChI is InChI=1S/C14H15N3O3S/c15-13-11-4-2-1-3-10(11)9-12(16-13)14(18)17-5-7-21(19,20)8-6-17/h1-4,9H,5-8H2,(H2,15,16). The molecular formula is C14H15N3O3S. The fraction of sp³-hybridized carbons (Fsp3) is 0.286. The largest absolute Gasteiger partial charge is 0.383 e. The lowest BCUT2D eigenvalue weighted by Crippen LogP contribution is -2.44. The van der Waals surface area contributed by atoms with Crippen LogP contribution in [0.4, 0.5) is 5.82 Å². The third-order valence-electron chi connectivity index (χ3n) is 3.62. The number of nitrogens with two attached hydrogens (primary N) is 1. The number of rotatable bonds is 1. The quantitative estimate of drug-likeness (QED) is 0.836. The molecule has 0 spiro atoms. The van der Waals surface area contributed by atoms with Crippen LogP contribution in [0.2, 0.25) is 0 Å². The van der Waals surface area contributed by atoms with Crippen molar-refractivity contribution in [3.8, 4) is 0 Å². The first kappa shape index (κ1) is 13.8. The minimum absolute atomic E-state index is 0.00179. The van der Waals surface area contributed by atoms with E-state index in [1.54, 1.807) is 6.07 Å². The van der Waals surface area contributed by atoms with Crippen molar-refractivity contribution in [1.29, 1.82) is 0 Å². The molecule has 3 rings (SSSR count). The zero-order valence-electron chi connectivity index (χ0n) is 11.3. The van der Waals surface area contributed by atoms with Gasteiger partial charge in [0.25, 0.3) is 5.91 Å². The number of hydrogen-bond donors (Lipinski definition) is 1. The highest BCUT2D eigenvalue weighted by molar-refractivity contribution is 7.91. The molecule has 1 saturated heterocycles. The summed E-state index contributed by atoms with van der Waals surface area (Å²) in [5.74, 6) is 0.0345. The van der Waals surface area contributed by atoms with Crippen molar-refractivity contribution in [3.05, 3.63) is 36.0 Å². The molecule has 1 aliphatic heterocycles. The van der Waals surface area contributed by atoms with Crippen molar-refractivity contribution in [3.63, 3.8) is 0 Å². The molecule has 110 valence electrons. The average Bonchev–Trinajstić information content (AvgIpc) is 2.46. The fourth-order valence-corrected chi connectivity index (χ4v) is 3.61. The Bertz CT molecular complexity index is 803. The summed E-state index contributed by atoms with van der Waals surface area (Å²) in [6, 6.07) is 9.13. The van der Waals surface area contributed by atoms with Crippen molar-refractivity contribution in [2.24, 2.45) is 0 Å².